The fraction of sp³-hybridized carbons (Fsp3) is 0.417. The fourth-order valence-electron chi connectivity index (χ4n) is 1.16. The molecule has 0 fully saturated rings. The smallest absolute Gasteiger partial charge is 0.230 e. The second kappa shape index (κ2) is 6.28. The van der Waals surface area contributed by atoms with Gasteiger partial charge in [-0.05, 0) is 26.0 Å². The molecule has 2 N–H and O–H groups in total. The summed E-state index contributed by atoms with van der Waals surface area (Å²) in [6.07, 6.45) is 0. The molecule has 0 saturated carbocycles. The van der Waals surface area contributed by atoms with Gasteiger partial charge in [0.05, 0.1) is 22.9 Å². The number of carbonyl (C=O) groups is 1. The van der Waals surface area contributed by atoms with Gasteiger partial charge in [-0.1, -0.05) is 23.7 Å². The van der Waals surface area contributed by atoms with Crippen LogP contribution in [0, 0.1) is 0 Å². The largest absolute Gasteiger partial charge is 0.394 e. The number of carbonyl (C=O) groups excluding carboxylic acids is 1. The molecule has 0 unspecified atom stereocenters. The summed E-state index contributed by atoms with van der Waals surface area (Å²) in [7, 11) is 0. The number of thioether (sulfide) groups is 1. The molecule has 1 aromatic rings. The van der Waals surface area contributed by atoms with Crippen molar-refractivity contribution in [2.45, 2.75) is 24.3 Å². The molecule has 0 radical (unpaired) electrons. The number of aliphatic hydroxyl groups excluding tert-OH is 1. The van der Waals surface area contributed by atoms with E-state index in [1.54, 1.807) is 19.9 Å². The first-order chi connectivity index (χ1) is 7.94. The molecule has 5 heteroatoms. The highest BCUT2D eigenvalue weighted by atomic mass is 35.5. The Kier molecular flexibility index (Phi) is 5.31. The van der Waals surface area contributed by atoms with Gasteiger partial charge < -0.3 is 10.4 Å². The first-order valence-corrected chi connectivity index (χ1v) is 6.60. The summed E-state index contributed by atoms with van der Waals surface area (Å²) in [4.78, 5) is 12.5. The second-order valence-electron chi connectivity index (χ2n) is 4.31. The molecule has 17 heavy (non-hydrogen) atoms. The van der Waals surface area contributed by atoms with E-state index in [9.17, 15) is 4.79 Å². The van der Waals surface area contributed by atoms with Crippen LogP contribution < -0.4 is 5.32 Å². The van der Waals surface area contributed by atoms with Crippen molar-refractivity contribution in [2.75, 3.05) is 12.4 Å². The molecular weight excluding hydrogens is 258 g/mol. The number of rotatable bonds is 5. The van der Waals surface area contributed by atoms with Crippen LogP contribution in [0.1, 0.15) is 13.8 Å². The van der Waals surface area contributed by atoms with Gasteiger partial charge in [0.2, 0.25) is 5.91 Å². The van der Waals surface area contributed by atoms with Gasteiger partial charge in [0.15, 0.2) is 0 Å². The van der Waals surface area contributed by atoms with Crippen molar-refractivity contribution in [1.82, 2.24) is 5.32 Å². The van der Waals surface area contributed by atoms with Gasteiger partial charge in [0, 0.05) is 4.90 Å². The lowest BCUT2D eigenvalue weighted by molar-refractivity contribution is -0.120. The quantitative estimate of drug-likeness (QED) is 0.810. The highest BCUT2D eigenvalue weighted by molar-refractivity contribution is 8.00. The monoisotopic (exact) mass is 273 g/mol. The van der Waals surface area contributed by atoms with Crippen molar-refractivity contribution in [2.24, 2.45) is 0 Å². The van der Waals surface area contributed by atoms with Crippen molar-refractivity contribution in [3.8, 4) is 0 Å². The number of aliphatic hydroxyl groups is 1. The molecule has 94 valence electrons. The van der Waals surface area contributed by atoms with Gasteiger partial charge in [0.25, 0.3) is 0 Å². The van der Waals surface area contributed by atoms with E-state index in [1.807, 2.05) is 18.2 Å². The third-order valence-corrected chi connectivity index (χ3v) is 3.58. The minimum Gasteiger partial charge on any atom is -0.394 e. The molecule has 0 spiro atoms. The average Bonchev–Trinajstić information content (AvgIpc) is 2.27. The maximum Gasteiger partial charge on any atom is 0.230 e. The predicted molar refractivity (Wildman–Crippen MR) is 71.5 cm³/mol. The van der Waals surface area contributed by atoms with E-state index in [4.69, 9.17) is 16.7 Å². The van der Waals surface area contributed by atoms with E-state index in [1.165, 1.54) is 11.8 Å². The number of hydrogen-bond donors (Lipinski definition) is 2. The van der Waals surface area contributed by atoms with Gasteiger partial charge >= 0.3 is 0 Å². The summed E-state index contributed by atoms with van der Waals surface area (Å²) in [5.74, 6) is 0.168. The molecule has 1 amide bonds. The van der Waals surface area contributed by atoms with Gasteiger partial charge in [-0.2, -0.15) is 0 Å². The molecule has 0 aliphatic rings. The summed E-state index contributed by atoms with van der Waals surface area (Å²) >= 11 is 7.36. The Hall–Kier alpha value is -0.710. The molecule has 0 aliphatic carbocycles. The zero-order valence-corrected chi connectivity index (χ0v) is 11.4. The lowest BCUT2D eigenvalue weighted by Gasteiger charge is -2.23. The maximum atomic E-state index is 11.6. The lowest BCUT2D eigenvalue weighted by Crippen LogP contribution is -2.47. The van der Waals surface area contributed by atoms with E-state index < -0.39 is 5.54 Å². The van der Waals surface area contributed by atoms with Gasteiger partial charge in [-0.25, -0.2) is 0 Å². The third kappa shape index (κ3) is 4.98. The summed E-state index contributed by atoms with van der Waals surface area (Å²) in [5.41, 5.74) is -0.585. The van der Waals surface area contributed by atoms with Crippen LogP contribution in [0.3, 0.4) is 0 Å². The van der Waals surface area contributed by atoms with E-state index in [0.717, 1.165) is 4.90 Å². The molecule has 0 aromatic heterocycles. The standard InChI is InChI=1S/C12H16ClNO2S/c1-12(2,8-15)14-11(16)7-17-10-6-4-3-5-9(10)13/h3-6,15H,7-8H2,1-2H3,(H,14,16). The number of hydrogen-bond acceptors (Lipinski definition) is 3. The van der Waals surface area contributed by atoms with Crippen LogP contribution in [0.5, 0.6) is 0 Å². The van der Waals surface area contributed by atoms with Crippen molar-refractivity contribution < 1.29 is 9.90 Å². The summed E-state index contributed by atoms with van der Waals surface area (Å²) in [6.45, 7) is 3.45. The number of amides is 1. The first kappa shape index (κ1) is 14.4. The minimum atomic E-state index is -0.585. The van der Waals surface area contributed by atoms with Crippen LogP contribution in [0.4, 0.5) is 0 Å². The Labute approximate surface area is 111 Å². The Morgan fingerprint density at radius 2 is 2.12 bits per heavy atom. The summed E-state index contributed by atoms with van der Waals surface area (Å²) in [5, 5.41) is 12.4. The highest BCUT2D eigenvalue weighted by Gasteiger charge is 2.18. The van der Waals surface area contributed by atoms with Crippen LogP contribution in [0.25, 0.3) is 0 Å². The lowest BCUT2D eigenvalue weighted by atomic mass is 10.1. The van der Waals surface area contributed by atoms with Crippen LogP contribution in [-0.2, 0) is 4.79 Å². The van der Waals surface area contributed by atoms with Gasteiger partial charge in [0.1, 0.15) is 0 Å². The van der Waals surface area contributed by atoms with E-state index in [-0.39, 0.29) is 18.3 Å². The normalized spacial score (nSPS) is 11.3. The zero-order valence-electron chi connectivity index (χ0n) is 9.87. The van der Waals surface area contributed by atoms with Crippen molar-refractivity contribution in [3.05, 3.63) is 29.3 Å². The number of nitrogens with one attached hydrogen (secondary N) is 1. The van der Waals surface area contributed by atoms with Crippen molar-refractivity contribution >= 4 is 29.3 Å². The van der Waals surface area contributed by atoms with Gasteiger partial charge in [-0.15, -0.1) is 11.8 Å². The zero-order chi connectivity index (χ0) is 12.9. The molecular formula is C12H16ClNO2S. The Balaban J connectivity index is 2.47. The van der Waals surface area contributed by atoms with Crippen molar-refractivity contribution in [3.63, 3.8) is 0 Å². The number of halogens is 1. The van der Waals surface area contributed by atoms with Crippen LogP contribution >= 0.6 is 23.4 Å². The highest BCUT2D eigenvalue weighted by Crippen LogP contribution is 2.26. The minimum absolute atomic E-state index is 0.0878. The van der Waals surface area contributed by atoms with Gasteiger partial charge in [-0.3, -0.25) is 4.79 Å². The summed E-state index contributed by atoms with van der Waals surface area (Å²) < 4.78 is 0. The van der Waals surface area contributed by atoms with E-state index in [0.29, 0.717) is 5.02 Å². The molecule has 0 bridgehead atoms. The molecule has 1 rings (SSSR count). The van der Waals surface area contributed by atoms with Crippen molar-refractivity contribution in [1.29, 1.82) is 0 Å². The Morgan fingerprint density at radius 3 is 2.71 bits per heavy atom. The molecule has 3 nitrogen and oxygen atoms in total. The Morgan fingerprint density at radius 1 is 1.47 bits per heavy atom. The maximum absolute atomic E-state index is 11.6. The summed E-state index contributed by atoms with van der Waals surface area (Å²) in [6, 6.07) is 7.39. The molecule has 0 aliphatic heterocycles. The molecule has 0 atom stereocenters. The topological polar surface area (TPSA) is 49.3 Å². The second-order valence-corrected chi connectivity index (χ2v) is 5.73. The average molecular weight is 274 g/mol. The molecule has 0 heterocycles. The van der Waals surface area contributed by atoms with Crippen LogP contribution in [0.2, 0.25) is 5.02 Å². The third-order valence-electron chi connectivity index (χ3n) is 2.07. The number of benzene rings is 1. The van der Waals surface area contributed by atoms with E-state index in [2.05, 4.69) is 5.32 Å². The SMILES string of the molecule is CC(C)(CO)NC(=O)CSc1ccccc1Cl. The van der Waals surface area contributed by atoms with E-state index >= 15 is 0 Å². The molecule has 1 aromatic carbocycles. The van der Waals surface area contributed by atoms with Crippen LogP contribution in [0.15, 0.2) is 29.2 Å². The van der Waals surface area contributed by atoms with Crippen LogP contribution in [-0.4, -0.2) is 28.9 Å². The molecule has 0 saturated heterocycles. The fourth-order valence-corrected chi connectivity index (χ4v) is 2.20. The Bertz CT molecular complexity index is 396. The predicted octanol–water partition coefficient (Wildman–Crippen LogP) is 2.32. The first-order valence-electron chi connectivity index (χ1n) is 5.24.